The van der Waals surface area contributed by atoms with E-state index < -0.39 is 96.5 Å². The van der Waals surface area contributed by atoms with Gasteiger partial charge >= 0.3 is 0 Å². The molecule has 2 heterocycles. The zero-order chi connectivity index (χ0) is 37.9. The lowest BCUT2D eigenvalue weighted by molar-refractivity contribution is -0.345. The Kier molecular flexibility index (Phi) is 12.3. The van der Waals surface area contributed by atoms with Crippen LogP contribution >= 0.6 is 0 Å². The molecule has 0 aromatic heterocycles. The van der Waals surface area contributed by atoms with Gasteiger partial charge in [-0.2, -0.15) is 0 Å². The van der Waals surface area contributed by atoms with Crippen LogP contribution in [0, 0.1) is 46.3 Å². The Balaban J connectivity index is 1.06. The number of allylic oxidation sites excluding steroid dienone is 2. The zero-order valence-electron chi connectivity index (χ0n) is 31.2. The first-order valence-corrected chi connectivity index (χ1v) is 19.4. The van der Waals surface area contributed by atoms with E-state index >= 15 is 0 Å². The number of aliphatic hydroxyl groups excluding tert-OH is 8. The van der Waals surface area contributed by atoms with Crippen molar-refractivity contribution in [3.63, 3.8) is 0 Å². The minimum absolute atomic E-state index is 0.0747. The molecule has 0 radical (unpaired) electrons. The lowest BCUT2D eigenvalue weighted by Gasteiger charge is -2.66. The monoisotopic (exact) mass is 744 g/mol. The van der Waals surface area contributed by atoms with Gasteiger partial charge in [0.05, 0.1) is 49.8 Å². The molecule has 52 heavy (non-hydrogen) atoms. The average molecular weight is 745 g/mol. The van der Waals surface area contributed by atoms with E-state index in [1.165, 1.54) is 7.11 Å². The third-order valence-corrected chi connectivity index (χ3v) is 14.5. The molecular weight excluding hydrogens is 680 g/mol. The molecule has 0 aromatic rings. The van der Waals surface area contributed by atoms with Gasteiger partial charge in [0.2, 0.25) is 0 Å². The summed E-state index contributed by atoms with van der Waals surface area (Å²) in [6.45, 7) is 8.31. The molecule has 21 atom stereocenters. The Morgan fingerprint density at radius 2 is 1.38 bits per heavy atom. The summed E-state index contributed by atoms with van der Waals surface area (Å²) in [4.78, 5) is 0. The highest BCUT2D eigenvalue weighted by Crippen LogP contribution is 2.69. The fourth-order valence-electron chi connectivity index (χ4n) is 11.8. The summed E-state index contributed by atoms with van der Waals surface area (Å²) in [6, 6.07) is 0. The number of fused-ring (bicyclic) bond motifs is 5. The van der Waals surface area contributed by atoms with E-state index in [2.05, 4.69) is 32.9 Å². The van der Waals surface area contributed by atoms with Gasteiger partial charge in [-0.05, 0) is 73.0 Å². The predicted octanol–water partition coefficient (Wildman–Crippen LogP) is -0.175. The van der Waals surface area contributed by atoms with Gasteiger partial charge < -0.3 is 69.6 Å². The largest absolute Gasteiger partial charge is 0.393 e. The van der Waals surface area contributed by atoms with Crippen LogP contribution in [0.25, 0.3) is 0 Å². The highest BCUT2D eigenvalue weighted by molar-refractivity contribution is 5.21. The smallest absolute Gasteiger partial charge is 0.187 e. The topological polar surface area (TPSA) is 228 Å². The molecule has 6 rings (SSSR count). The lowest BCUT2D eigenvalue weighted by atomic mass is 9.41. The van der Waals surface area contributed by atoms with Crippen molar-refractivity contribution >= 4 is 0 Å². The SMILES string of the molecule is CO[C@@H]1[C@H](O[C@@H]2[C@H](OCC[C@@H](C)/C=C/[C@@H](C)[C@H]3C[C@@H](O)[C@@H]4[C@]3(C)CC[C@@H]3[C@@]5(C)CC[C@H](O)[C@H](O)[C@@H]5[C@@H](O)C[C@]34O)OC[C@@H](O)[C@H]2O)OC[C@@H](O)[C@H]1O. The second-order valence-corrected chi connectivity index (χ2v) is 17.6. The van der Waals surface area contributed by atoms with Crippen LogP contribution in [0.2, 0.25) is 0 Å². The van der Waals surface area contributed by atoms with Crippen molar-refractivity contribution in [2.45, 2.75) is 152 Å². The molecule has 14 nitrogen and oxygen atoms in total. The van der Waals surface area contributed by atoms with E-state index in [0.29, 0.717) is 25.7 Å². The van der Waals surface area contributed by atoms with Crippen LogP contribution in [0.4, 0.5) is 0 Å². The normalized spacial score (nSPS) is 53.6. The van der Waals surface area contributed by atoms with Crippen LogP contribution in [0.15, 0.2) is 12.2 Å². The third kappa shape index (κ3) is 7.06. The van der Waals surface area contributed by atoms with E-state index in [4.69, 9.17) is 23.7 Å². The molecule has 4 aliphatic carbocycles. The van der Waals surface area contributed by atoms with Crippen molar-refractivity contribution in [1.29, 1.82) is 0 Å². The Morgan fingerprint density at radius 1 is 0.750 bits per heavy atom. The molecule has 6 aliphatic rings. The summed E-state index contributed by atoms with van der Waals surface area (Å²) in [5.74, 6) is -0.876. The molecule has 2 aliphatic heterocycles. The van der Waals surface area contributed by atoms with E-state index in [1.54, 1.807) is 0 Å². The van der Waals surface area contributed by atoms with Crippen molar-refractivity contribution in [3.8, 4) is 0 Å². The standard InChI is InChI=1S/C38H64O14/c1-18(10-13-49-34-32(30(46)25(43)16-50-34)52-35-31(48-5)29(45)24(42)17-51-35)6-7-19(2)20-14-22(40)33-36(20,3)12-9-26-37(4)11-8-21(39)28(44)27(37)23(41)15-38(26,33)47/h6-7,18-35,39-47H,8-17H2,1-5H3/b7-6+/t18-,19+,20+,21-,22+,23-,24+,25+,26+,27-,28-,29+,30+,31-,32-,33+,34+,35-,36+,37+,38-/m0/s1. The predicted molar refractivity (Wildman–Crippen MR) is 184 cm³/mol. The fraction of sp³-hybridized carbons (Fsp3) is 0.947. The Bertz CT molecular complexity index is 1240. The first-order chi connectivity index (χ1) is 24.5. The van der Waals surface area contributed by atoms with Gasteiger partial charge in [0.1, 0.15) is 36.6 Å². The van der Waals surface area contributed by atoms with Crippen LogP contribution in [0.3, 0.4) is 0 Å². The molecule has 9 N–H and O–H groups in total. The number of aliphatic hydroxyl groups is 9. The molecule has 0 aromatic carbocycles. The second-order valence-electron chi connectivity index (χ2n) is 17.6. The quantitative estimate of drug-likeness (QED) is 0.132. The van der Waals surface area contributed by atoms with Gasteiger partial charge in [-0.1, -0.05) is 39.8 Å². The first-order valence-electron chi connectivity index (χ1n) is 19.4. The van der Waals surface area contributed by atoms with Gasteiger partial charge in [0.15, 0.2) is 12.6 Å². The molecule has 300 valence electrons. The molecule has 2 saturated heterocycles. The highest BCUT2D eigenvalue weighted by Gasteiger charge is 2.71. The van der Waals surface area contributed by atoms with Gasteiger partial charge in [-0.25, -0.2) is 0 Å². The minimum atomic E-state index is -1.36. The summed E-state index contributed by atoms with van der Waals surface area (Å²) in [6.07, 6.45) is -4.96. The van der Waals surface area contributed by atoms with Crippen molar-refractivity contribution < 1.29 is 69.6 Å². The molecular formula is C38H64O14. The van der Waals surface area contributed by atoms with E-state index in [-0.39, 0.29) is 55.3 Å². The summed E-state index contributed by atoms with van der Waals surface area (Å²) < 4.78 is 28.4. The number of ether oxygens (including phenoxy) is 5. The number of methoxy groups -OCH3 is 1. The second kappa shape index (κ2) is 15.6. The maximum atomic E-state index is 12.6. The third-order valence-electron chi connectivity index (χ3n) is 14.5. The maximum absolute atomic E-state index is 12.6. The number of rotatable bonds is 10. The van der Waals surface area contributed by atoms with E-state index in [1.807, 2.05) is 6.92 Å². The number of hydrogen-bond acceptors (Lipinski definition) is 14. The molecule has 4 saturated carbocycles. The fourth-order valence-corrected chi connectivity index (χ4v) is 11.8. The van der Waals surface area contributed by atoms with Crippen molar-refractivity contribution in [3.05, 3.63) is 12.2 Å². The van der Waals surface area contributed by atoms with Crippen LogP contribution < -0.4 is 0 Å². The van der Waals surface area contributed by atoms with Crippen molar-refractivity contribution in [1.82, 2.24) is 0 Å². The Morgan fingerprint density at radius 3 is 2.06 bits per heavy atom. The van der Waals surface area contributed by atoms with E-state index in [0.717, 1.165) is 12.8 Å². The summed E-state index contributed by atoms with van der Waals surface area (Å²) in [5, 5.41) is 98.2. The minimum Gasteiger partial charge on any atom is -0.393 e. The molecule has 0 spiro atoms. The highest BCUT2D eigenvalue weighted by atomic mass is 16.8. The molecule has 0 bridgehead atoms. The average Bonchev–Trinajstić information content (AvgIpc) is 3.37. The molecule has 0 amide bonds. The molecule has 6 fully saturated rings. The Labute approximate surface area is 306 Å². The van der Waals surface area contributed by atoms with Gasteiger partial charge in [-0.15, -0.1) is 0 Å². The summed E-state index contributed by atoms with van der Waals surface area (Å²) >= 11 is 0. The van der Waals surface area contributed by atoms with Crippen LogP contribution in [0.1, 0.15) is 72.6 Å². The molecule has 0 unspecified atom stereocenters. The first kappa shape index (κ1) is 40.8. The van der Waals surface area contributed by atoms with Crippen LogP contribution in [-0.2, 0) is 23.7 Å². The van der Waals surface area contributed by atoms with Gasteiger partial charge in [0.25, 0.3) is 0 Å². The number of hydrogen-bond donors (Lipinski definition) is 9. The van der Waals surface area contributed by atoms with Gasteiger partial charge in [0, 0.05) is 25.4 Å². The van der Waals surface area contributed by atoms with Crippen LogP contribution in [0.5, 0.6) is 0 Å². The van der Waals surface area contributed by atoms with E-state index in [9.17, 15) is 46.0 Å². The lowest BCUT2D eigenvalue weighted by Crippen LogP contribution is -2.70. The van der Waals surface area contributed by atoms with Gasteiger partial charge in [-0.3, -0.25) is 0 Å². The van der Waals surface area contributed by atoms with Crippen LogP contribution in [-0.4, -0.2) is 152 Å². The Hall–Kier alpha value is -0.820. The summed E-state index contributed by atoms with van der Waals surface area (Å²) in [5.41, 5.74) is -2.21. The van der Waals surface area contributed by atoms with Crippen molar-refractivity contribution in [2.75, 3.05) is 26.9 Å². The zero-order valence-corrected chi connectivity index (χ0v) is 31.2. The maximum Gasteiger partial charge on any atom is 0.187 e. The summed E-state index contributed by atoms with van der Waals surface area (Å²) in [7, 11) is 1.34. The molecule has 14 heteroatoms. The van der Waals surface area contributed by atoms with Crippen molar-refractivity contribution in [2.24, 2.45) is 46.3 Å².